The predicted molar refractivity (Wildman–Crippen MR) is 288 cm³/mol. The molecule has 2 atom stereocenters. The number of ether oxygens (including phenoxy) is 2. The molecule has 0 aliphatic rings. The number of carbonyl (C=O) groups is 2. The molecule has 0 aliphatic carbocycles. The van der Waals surface area contributed by atoms with Crippen molar-refractivity contribution in [2.45, 2.75) is 200 Å². The van der Waals surface area contributed by atoms with Crippen LogP contribution in [-0.2, 0) is 32.7 Å². The molecule has 0 aliphatic heterocycles. The second-order valence-electron chi connectivity index (χ2n) is 18.5. The van der Waals surface area contributed by atoms with Crippen molar-refractivity contribution in [3.63, 3.8) is 0 Å². The lowest BCUT2D eigenvalue weighted by Crippen LogP contribution is -2.37. The van der Waals surface area contributed by atoms with Crippen LogP contribution < -0.4 is 0 Å². The van der Waals surface area contributed by atoms with Crippen LogP contribution in [0.15, 0.2) is 109 Å². The maximum absolute atomic E-state index is 12.7. The number of phosphoric acid groups is 1. The lowest BCUT2D eigenvalue weighted by atomic mass is 10.1. The molecule has 0 saturated carbocycles. The first-order valence-corrected chi connectivity index (χ1v) is 28.1. The number of likely N-dealkylation sites (N-methyl/N-ethyl adjacent to an activating group) is 1. The molecule has 0 bridgehead atoms. The molecule has 0 saturated heterocycles. The molecule has 0 heterocycles. The summed E-state index contributed by atoms with van der Waals surface area (Å²) < 4.78 is 34.2. The molecule has 9 nitrogen and oxygen atoms in total. The van der Waals surface area contributed by atoms with Crippen molar-refractivity contribution in [3.8, 4) is 0 Å². The fourth-order valence-corrected chi connectivity index (χ4v) is 7.45. The van der Waals surface area contributed by atoms with Crippen LogP contribution in [0.5, 0.6) is 0 Å². The minimum Gasteiger partial charge on any atom is -0.462 e. The number of carbonyl (C=O) groups excluding carboxylic acids is 2. The zero-order valence-corrected chi connectivity index (χ0v) is 44.7. The molecule has 0 aromatic heterocycles. The number of nitrogens with zero attached hydrogens (tertiary/aromatic N) is 1. The Balaban J connectivity index is 4.04. The van der Waals surface area contributed by atoms with E-state index >= 15 is 0 Å². The number of unbranched alkanes of at least 4 members (excludes halogenated alkanes) is 15. The summed E-state index contributed by atoms with van der Waals surface area (Å²) in [4.78, 5) is 35.3. The summed E-state index contributed by atoms with van der Waals surface area (Å²) in [6.07, 6.45) is 67.6. The highest BCUT2D eigenvalue weighted by molar-refractivity contribution is 7.47. The van der Waals surface area contributed by atoms with E-state index in [2.05, 4.69) is 123 Å². The van der Waals surface area contributed by atoms with E-state index in [1.807, 2.05) is 21.1 Å². The van der Waals surface area contributed by atoms with Crippen molar-refractivity contribution in [2.75, 3.05) is 47.5 Å². The molecule has 2 unspecified atom stereocenters. The third-order valence-corrected chi connectivity index (χ3v) is 11.8. The minimum atomic E-state index is -4.38. The Labute approximate surface area is 416 Å². The Bertz CT molecular complexity index is 1520. The van der Waals surface area contributed by atoms with Crippen LogP contribution in [0.4, 0.5) is 0 Å². The summed E-state index contributed by atoms with van der Waals surface area (Å²) >= 11 is 0. The van der Waals surface area contributed by atoms with Gasteiger partial charge in [0, 0.05) is 12.8 Å². The summed E-state index contributed by atoms with van der Waals surface area (Å²) in [5.74, 6) is -0.819. The highest BCUT2D eigenvalue weighted by Gasteiger charge is 2.27. The SMILES string of the molecule is CC/C=C\C/C=C\C/C=C\C/C=C\C/C=C\C/C=C\C/C=C\C/C=C\C/C=C\CCCCCCCCCCCC(=O)OC(COC(=O)CCCCCCCCC)COP(=O)(O)OCC[N+](C)(C)C. The van der Waals surface area contributed by atoms with Gasteiger partial charge in [-0.2, -0.15) is 0 Å². The molecule has 68 heavy (non-hydrogen) atoms. The molecule has 0 aromatic carbocycles. The molecule has 0 rings (SSSR count). The second kappa shape index (κ2) is 48.7. The van der Waals surface area contributed by atoms with Crippen LogP contribution in [0, 0.1) is 0 Å². The number of allylic oxidation sites excluding steroid dienone is 18. The second-order valence-corrected chi connectivity index (χ2v) is 20.0. The van der Waals surface area contributed by atoms with Gasteiger partial charge in [0.2, 0.25) is 0 Å². The van der Waals surface area contributed by atoms with Gasteiger partial charge >= 0.3 is 19.8 Å². The highest BCUT2D eigenvalue weighted by Crippen LogP contribution is 2.43. The van der Waals surface area contributed by atoms with E-state index in [0.717, 1.165) is 103 Å². The largest absolute Gasteiger partial charge is 0.472 e. The third-order valence-electron chi connectivity index (χ3n) is 10.8. The standard InChI is InChI=1S/C58H98NO8P/c1-6-8-10-12-14-15-16-17-18-19-20-21-22-23-24-25-26-27-28-29-30-31-32-33-34-35-36-37-38-39-40-41-42-43-45-47-49-51-58(61)67-56(55-66-68(62,63)65-53-52-59(3,4)5)54-64-57(60)50-48-46-44-13-11-9-7-2/h8,10,14-15,17-18,20-21,23-24,26-27,29-30,32-33,35-36,56H,6-7,9,11-13,16,19,22,25,28,31,34,37-55H2,1-5H3/p+1/b10-8-,15-14-,18-17-,21-20-,24-23-,27-26-,30-29-,33-32-,36-35-. The van der Waals surface area contributed by atoms with Crippen LogP contribution in [0.1, 0.15) is 194 Å². The first-order chi connectivity index (χ1) is 33.0. The third kappa shape index (κ3) is 52.0. The topological polar surface area (TPSA) is 108 Å². The molecular weight excluding hydrogens is 870 g/mol. The van der Waals surface area contributed by atoms with Crippen LogP contribution >= 0.6 is 7.82 Å². The quantitative estimate of drug-likeness (QED) is 0.0211. The number of rotatable bonds is 47. The Morgan fingerprint density at radius 3 is 1.25 bits per heavy atom. The average molecular weight is 969 g/mol. The van der Waals surface area contributed by atoms with Crippen LogP contribution in [0.3, 0.4) is 0 Å². The number of phosphoric ester groups is 1. The maximum Gasteiger partial charge on any atom is 0.472 e. The van der Waals surface area contributed by atoms with E-state index in [9.17, 15) is 19.0 Å². The summed E-state index contributed by atoms with van der Waals surface area (Å²) in [5, 5.41) is 0. The number of quaternary nitrogens is 1. The van der Waals surface area contributed by atoms with Gasteiger partial charge in [0.15, 0.2) is 6.10 Å². The molecule has 10 heteroatoms. The molecule has 388 valence electrons. The van der Waals surface area contributed by atoms with Crippen LogP contribution in [-0.4, -0.2) is 74.9 Å². The summed E-state index contributed by atoms with van der Waals surface area (Å²) in [6, 6.07) is 0. The number of hydrogen-bond donors (Lipinski definition) is 1. The smallest absolute Gasteiger partial charge is 0.462 e. The summed E-state index contributed by atoms with van der Waals surface area (Å²) in [7, 11) is 1.46. The Hall–Kier alpha value is -3.33. The van der Waals surface area contributed by atoms with Gasteiger partial charge in [-0.25, -0.2) is 4.57 Å². The molecular formula is C58H99NO8P+. The first-order valence-electron chi connectivity index (χ1n) is 26.6. The van der Waals surface area contributed by atoms with Crippen molar-refractivity contribution < 1.29 is 42.1 Å². The van der Waals surface area contributed by atoms with Gasteiger partial charge in [-0.15, -0.1) is 0 Å². The fraction of sp³-hybridized carbons (Fsp3) is 0.655. The lowest BCUT2D eigenvalue weighted by molar-refractivity contribution is -0.870. The Kier molecular flexibility index (Phi) is 46.3. The molecule has 0 spiro atoms. The van der Waals surface area contributed by atoms with Crippen molar-refractivity contribution >= 4 is 19.8 Å². The van der Waals surface area contributed by atoms with Crippen molar-refractivity contribution in [1.82, 2.24) is 0 Å². The van der Waals surface area contributed by atoms with Crippen molar-refractivity contribution in [1.29, 1.82) is 0 Å². The van der Waals surface area contributed by atoms with Gasteiger partial charge in [-0.3, -0.25) is 18.6 Å². The van der Waals surface area contributed by atoms with E-state index in [4.69, 9.17) is 18.5 Å². The molecule has 1 N–H and O–H groups in total. The van der Waals surface area contributed by atoms with Gasteiger partial charge < -0.3 is 18.9 Å². The molecule has 0 radical (unpaired) electrons. The van der Waals surface area contributed by atoms with Gasteiger partial charge in [-0.1, -0.05) is 207 Å². The minimum absolute atomic E-state index is 0.0264. The van der Waals surface area contributed by atoms with E-state index < -0.39 is 26.5 Å². The summed E-state index contributed by atoms with van der Waals surface area (Å²) in [6.45, 7) is 4.23. The lowest BCUT2D eigenvalue weighted by Gasteiger charge is -2.24. The van der Waals surface area contributed by atoms with E-state index in [-0.39, 0.29) is 32.0 Å². The van der Waals surface area contributed by atoms with Crippen molar-refractivity contribution in [3.05, 3.63) is 109 Å². The normalized spacial score (nSPS) is 14.3. The predicted octanol–water partition coefficient (Wildman–Crippen LogP) is 16.2. The highest BCUT2D eigenvalue weighted by atomic mass is 31.2. The molecule has 0 amide bonds. The van der Waals surface area contributed by atoms with E-state index in [1.54, 1.807) is 0 Å². The van der Waals surface area contributed by atoms with Gasteiger partial charge in [0.05, 0.1) is 27.7 Å². The maximum atomic E-state index is 12.7. The van der Waals surface area contributed by atoms with Gasteiger partial charge in [0.25, 0.3) is 0 Å². The van der Waals surface area contributed by atoms with E-state index in [1.165, 1.54) is 57.8 Å². The van der Waals surface area contributed by atoms with Gasteiger partial charge in [-0.05, 0) is 83.5 Å². The Morgan fingerprint density at radius 1 is 0.471 bits per heavy atom. The fourth-order valence-electron chi connectivity index (χ4n) is 6.71. The summed E-state index contributed by atoms with van der Waals surface area (Å²) in [5.41, 5.74) is 0. The van der Waals surface area contributed by atoms with Crippen LogP contribution in [0.2, 0.25) is 0 Å². The van der Waals surface area contributed by atoms with Crippen molar-refractivity contribution in [2.24, 2.45) is 0 Å². The zero-order chi connectivity index (χ0) is 49.9. The zero-order valence-electron chi connectivity index (χ0n) is 43.8. The Morgan fingerprint density at radius 2 is 0.838 bits per heavy atom. The molecule has 0 fully saturated rings. The number of esters is 2. The van der Waals surface area contributed by atoms with E-state index in [0.29, 0.717) is 17.4 Å². The first kappa shape index (κ1) is 64.7. The molecule has 0 aromatic rings. The monoisotopic (exact) mass is 969 g/mol. The average Bonchev–Trinajstić information content (AvgIpc) is 3.30. The van der Waals surface area contributed by atoms with Crippen LogP contribution in [0.25, 0.3) is 0 Å². The number of hydrogen-bond acceptors (Lipinski definition) is 7. The van der Waals surface area contributed by atoms with Gasteiger partial charge in [0.1, 0.15) is 19.8 Å².